The maximum atomic E-state index is 6.33. The predicted octanol–water partition coefficient (Wildman–Crippen LogP) is 0.295. The van der Waals surface area contributed by atoms with Gasteiger partial charge >= 0.3 is 31.0 Å². The molecule has 0 heterocycles. The quantitative estimate of drug-likeness (QED) is 0.435. The van der Waals surface area contributed by atoms with Crippen molar-refractivity contribution in [1.82, 2.24) is 0 Å². The molecule has 2 nitrogen and oxygen atoms in total. The zero-order chi connectivity index (χ0) is 4.12. The fourth-order valence-corrected chi connectivity index (χ4v) is 0.0589. The summed E-state index contributed by atoms with van der Waals surface area (Å²) in [5.74, 6) is 0. The summed E-state index contributed by atoms with van der Waals surface area (Å²) in [4.78, 5) is 0. The van der Waals surface area contributed by atoms with E-state index >= 15 is 0 Å². The van der Waals surface area contributed by atoms with Crippen LogP contribution in [-0.2, 0) is 0 Å². The van der Waals surface area contributed by atoms with Crippen LogP contribution in [0.4, 0.5) is 0 Å². The van der Waals surface area contributed by atoms with E-state index in [9.17, 15) is 0 Å². The number of hydrogen-bond acceptors (Lipinski definition) is 2. The van der Waals surface area contributed by atoms with Crippen molar-refractivity contribution in [1.29, 1.82) is 10.6 Å². The molecule has 0 radical (unpaired) electrons. The second kappa shape index (κ2) is 3.73. The van der Waals surface area contributed by atoms with E-state index < -0.39 is 0 Å². The van der Waals surface area contributed by atoms with Gasteiger partial charge in [0.05, 0.1) is 0 Å². The molecule has 0 spiro atoms. The van der Waals surface area contributed by atoms with Gasteiger partial charge in [-0.2, -0.15) is 0 Å². The van der Waals surface area contributed by atoms with Crippen LogP contribution in [0, 0.1) is 10.6 Å². The second-order valence-corrected chi connectivity index (χ2v) is 0.644. The van der Waals surface area contributed by atoms with Gasteiger partial charge < -0.3 is 0 Å². The molecule has 0 unspecified atom stereocenters. The Balaban J connectivity index is 2.65. The Hall–Kier alpha value is -0.270. The average molecular weight is 65.7 g/mol. The second-order valence-electron chi connectivity index (χ2n) is 0.644. The number of rotatable bonds is 2. The Morgan fingerprint density at radius 2 is 1.60 bits per heavy atom. The van der Waals surface area contributed by atoms with E-state index in [1.807, 2.05) is 0 Å². The molecule has 0 aromatic rings. The van der Waals surface area contributed by atoms with Crippen LogP contribution in [0.3, 0.4) is 0 Å². The fraction of sp³-hybridized carbons (Fsp3) is 1.00. The van der Waals surface area contributed by atoms with E-state index in [4.69, 9.17) is 10.6 Å². The molecule has 0 bridgehead atoms. The molecule has 0 aliphatic carbocycles. The van der Waals surface area contributed by atoms with Gasteiger partial charge in [-0.25, -0.2) is 0 Å². The van der Waals surface area contributed by atoms with Gasteiger partial charge in [0, 0.05) is 0 Å². The summed E-state index contributed by atoms with van der Waals surface area (Å²) >= 11 is 0. The topological polar surface area (TPSA) is 47.7 Å². The molecular weight excluding hydrogens is 61.6 g/mol. The molecule has 0 aromatic heterocycles. The van der Waals surface area contributed by atoms with Crippen molar-refractivity contribution in [3.8, 4) is 0 Å². The van der Waals surface area contributed by atoms with Gasteiger partial charge in [0.25, 0.3) is 0 Å². The normalized spacial score (nSPS) is 4.80. The Kier molecular flexibility index (Phi) is 3.53. The molecule has 0 amide bonds. The van der Waals surface area contributed by atoms with Crippen LogP contribution in [0.2, 0.25) is 6.22 Å². The van der Waals surface area contributed by atoms with E-state index in [1.165, 1.54) is 14.1 Å². The van der Waals surface area contributed by atoms with Crippen molar-refractivity contribution < 1.29 is 0 Å². The van der Waals surface area contributed by atoms with Gasteiger partial charge in [0.2, 0.25) is 0 Å². The molecule has 24 valence electrons. The Bertz CT molecular complexity index is 36.9. The molecule has 0 saturated heterocycles. The van der Waals surface area contributed by atoms with Crippen molar-refractivity contribution in [3.63, 3.8) is 0 Å². The van der Waals surface area contributed by atoms with Gasteiger partial charge in [-0.3, -0.25) is 0 Å². The first kappa shape index (κ1) is 4.73. The summed E-state index contributed by atoms with van der Waals surface area (Å²) in [6, 6.07) is 0. The maximum absolute atomic E-state index is 6.33. The fourth-order valence-electron chi connectivity index (χ4n) is 0.0589. The molecule has 0 atom stereocenters. The van der Waals surface area contributed by atoms with Crippen molar-refractivity contribution in [2.24, 2.45) is 0 Å². The molecule has 2 N–H and O–H groups in total. The summed E-state index contributed by atoms with van der Waals surface area (Å²) in [6.45, 7) is 0. The summed E-state index contributed by atoms with van der Waals surface area (Å²) < 4.78 is 0. The van der Waals surface area contributed by atoms with E-state index in [1.54, 1.807) is 0 Å². The van der Waals surface area contributed by atoms with Crippen LogP contribution < -0.4 is 0 Å². The minimum absolute atomic E-state index is 0.472. The molecular formula is CH4B2N2. The zero-order valence-corrected chi connectivity index (χ0v) is 2.86. The van der Waals surface area contributed by atoms with E-state index in [2.05, 4.69) is 0 Å². The molecule has 5 heavy (non-hydrogen) atoms. The van der Waals surface area contributed by atoms with Gasteiger partial charge in [-0.05, 0) is 0 Å². The predicted molar refractivity (Wildman–Crippen MR) is 21.8 cm³/mol. The summed E-state index contributed by atoms with van der Waals surface area (Å²) in [7, 11) is 2.38. The third-order valence-corrected chi connectivity index (χ3v) is 0.236. The molecule has 4 heteroatoms. The summed E-state index contributed by atoms with van der Waals surface area (Å²) in [5.41, 5.74) is 0. The van der Waals surface area contributed by atoms with Crippen LogP contribution in [0.15, 0.2) is 0 Å². The summed E-state index contributed by atoms with van der Waals surface area (Å²) in [6.07, 6.45) is 0.472. The first-order valence-corrected chi connectivity index (χ1v) is 1.39. The van der Waals surface area contributed by atoms with Gasteiger partial charge in [-0.15, -0.1) is 0 Å². The van der Waals surface area contributed by atoms with Crippen LogP contribution in [0.1, 0.15) is 0 Å². The number of nitrogens with one attached hydrogen (secondary N) is 2. The van der Waals surface area contributed by atoms with Crippen molar-refractivity contribution >= 4 is 14.1 Å². The standard InChI is InChI=1S/CH4B2N2/c4-2-1-3-5/h4-5H,1H2. The SMILES string of the molecule is N=BCB=N. The van der Waals surface area contributed by atoms with Crippen LogP contribution >= 0.6 is 0 Å². The van der Waals surface area contributed by atoms with E-state index in [0.717, 1.165) is 0 Å². The molecule has 0 fully saturated rings. The molecule has 0 aliphatic rings. The third-order valence-electron chi connectivity index (χ3n) is 0.236. The van der Waals surface area contributed by atoms with Gasteiger partial charge in [0.15, 0.2) is 0 Å². The molecule has 0 saturated carbocycles. The number of hydrogen-bond donors (Lipinski definition) is 2. The average Bonchev–Trinajstić information content (AvgIpc) is 1.41. The third kappa shape index (κ3) is 3.73. The monoisotopic (exact) mass is 66.1 g/mol. The van der Waals surface area contributed by atoms with E-state index in [-0.39, 0.29) is 0 Å². The van der Waals surface area contributed by atoms with Crippen molar-refractivity contribution in [2.45, 2.75) is 6.22 Å². The van der Waals surface area contributed by atoms with Crippen LogP contribution in [0.25, 0.3) is 0 Å². The van der Waals surface area contributed by atoms with Gasteiger partial charge in [0.1, 0.15) is 0 Å². The Morgan fingerprint density at radius 1 is 1.20 bits per heavy atom. The van der Waals surface area contributed by atoms with E-state index in [0.29, 0.717) is 6.22 Å². The Morgan fingerprint density at radius 3 is 1.60 bits per heavy atom. The first-order chi connectivity index (χ1) is 2.41. The summed E-state index contributed by atoms with van der Waals surface area (Å²) in [5, 5.41) is 12.7. The van der Waals surface area contributed by atoms with Crippen LogP contribution in [-0.4, -0.2) is 14.1 Å². The molecule has 0 rings (SSSR count). The van der Waals surface area contributed by atoms with Gasteiger partial charge in [-0.1, -0.05) is 0 Å². The molecule has 0 aliphatic heterocycles. The van der Waals surface area contributed by atoms with Crippen molar-refractivity contribution in [3.05, 3.63) is 0 Å². The van der Waals surface area contributed by atoms with Crippen molar-refractivity contribution in [2.75, 3.05) is 0 Å². The van der Waals surface area contributed by atoms with Crippen LogP contribution in [0.5, 0.6) is 0 Å². The zero-order valence-electron chi connectivity index (χ0n) is 2.86. The first-order valence-electron chi connectivity index (χ1n) is 1.39. The Labute approximate surface area is 32.1 Å². The molecule has 0 aromatic carbocycles. The minimum atomic E-state index is 0.472.